The van der Waals surface area contributed by atoms with Gasteiger partial charge in [0.1, 0.15) is 12.4 Å². The minimum Gasteiger partial charge on any atom is -0.372 e. The number of hydrogen-bond donors (Lipinski definition) is 0. The van der Waals surface area contributed by atoms with E-state index < -0.39 is 12.8 Å². The van der Waals surface area contributed by atoms with E-state index >= 15 is 0 Å². The van der Waals surface area contributed by atoms with Crippen molar-refractivity contribution in [1.82, 2.24) is 0 Å². The molecule has 0 heterocycles. The molecule has 0 spiro atoms. The summed E-state index contributed by atoms with van der Waals surface area (Å²) in [5.41, 5.74) is 0. The Morgan fingerprint density at radius 1 is 1.25 bits per heavy atom. The van der Waals surface area contributed by atoms with E-state index in [0.717, 1.165) is 12.8 Å². The van der Waals surface area contributed by atoms with Crippen LogP contribution >= 0.6 is 0 Å². The van der Waals surface area contributed by atoms with Crippen molar-refractivity contribution in [1.29, 1.82) is 0 Å². The molecule has 0 rings (SSSR count). The second-order valence-electron chi connectivity index (χ2n) is 4.24. The van der Waals surface area contributed by atoms with E-state index in [9.17, 15) is 18.0 Å². The summed E-state index contributed by atoms with van der Waals surface area (Å²) in [6.45, 7) is 2.72. The van der Waals surface area contributed by atoms with Crippen molar-refractivity contribution in [2.75, 3.05) is 13.2 Å². The monoisotopic (exact) mass is 240 g/mol. The molecule has 0 radical (unpaired) electrons. The number of alkyl halides is 3. The van der Waals surface area contributed by atoms with Gasteiger partial charge in [-0.25, -0.2) is 0 Å². The second-order valence-corrected chi connectivity index (χ2v) is 4.24. The van der Waals surface area contributed by atoms with Gasteiger partial charge in [-0.2, -0.15) is 13.2 Å². The first-order valence-corrected chi connectivity index (χ1v) is 5.47. The summed E-state index contributed by atoms with van der Waals surface area (Å²) in [6.07, 6.45) is -2.02. The van der Waals surface area contributed by atoms with Crippen molar-refractivity contribution >= 4 is 5.78 Å². The summed E-state index contributed by atoms with van der Waals surface area (Å²) >= 11 is 0. The fourth-order valence-corrected chi connectivity index (χ4v) is 1.21. The third kappa shape index (κ3) is 11.5. The molecule has 0 fully saturated rings. The fraction of sp³-hybridized carbons (Fsp3) is 0.909. The van der Waals surface area contributed by atoms with Crippen LogP contribution in [0.1, 0.15) is 39.5 Å². The first-order chi connectivity index (χ1) is 7.31. The van der Waals surface area contributed by atoms with Crippen molar-refractivity contribution in [3.8, 4) is 0 Å². The summed E-state index contributed by atoms with van der Waals surface area (Å²) in [5, 5.41) is 0. The van der Waals surface area contributed by atoms with Crippen molar-refractivity contribution < 1.29 is 22.7 Å². The first kappa shape index (κ1) is 15.4. The predicted molar refractivity (Wildman–Crippen MR) is 55.2 cm³/mol. The Kier molecular flexibility index (Phi) is 7.38. The second kappa shape index (κ2) is 7.65. The summed E-state index contributed by atoms with van der Waals surface area (Å²) in [7, 11) is 0. The molecule has 0 aromatic carbocycles. The van der Waals surface area contributed by atoms with E-state index in [2.05, 4.69) is 18.6 Å². The van der Waals surface area contributed by atoms with Crippen LogP contribution in [-0.4, -0.2) is 25.2 Å². The van der Waals surface area contributed by atoms with Gasteiger partial charge in [-0.15, -0.1) is 0 Å². The van der Waals surface area contributed by atoms with E-state index in [1.807, 2.05) is 0 Å². The Morgan fingerprint density at radius 3 is 2.38 bits per heavy atom. The number of carbonyl (C=O) groups is 1. The standard InChI is InChI=1S/C11H19F3O2/c1-9(2)4-3-5-10(15)6-7-16-8-11(12,13)14/h9H,3-8H2,1-2H3. The quantitative estimate of drug-likeness (QED) is 0.608. The smallest absolute Gasteiger partial charge is 0.372 e. The molecular weight excluding hydrogens is 221 g/mol. The van der Waals surface area contributed by atoms with Crippen LogP contribution in [0.15, 0.2) is 0 Å². The fourth-order valence-electron chi connectivity index (χ4n) is 1.21. The number of rotatable bonds is 8. The topological polar surface area (TPSA) is 26.3 Å². The van der Waals surface area contributed by atoms with Gasteiger partial charge < -0.3 is 4.74 Å². The molecule has 0 aromatic heterocycles. The Hall–Kier alpha value is -0.580. The molecule has 96 valence electrons. The third-order valence-electron chi connectivity index (χ3n) is 2.03. The van der Waals surface area contributed by atoms with Gasteiger partial charge in [-0.3, -0.25) is 4.79 Å². The summed E-state index contributed by atoms with van der Waals surface area (Å²) in [6, 6.07) is 0. The number of Topliss-reactive ketones (excluding diaryl/α,β-unsaturated/α-hetero) is 1. The Bertz CT molecular complexity index is 200. The van der Waals surface area contributed by atoms with Gasteiger partial charge in [0.2, 0.25) is 0 Å². The van der Waals surface area contributed by atoms with E-state index in [4.69, 9.17) is 0 Å². The average molecular weight is 240 g/mol. The molecule has 0 aromatic rings. The van der Waals surface area contributed by atoms with Gasteiger partial charge in [0.25, 0.3) is 0 Å². The molecule has 0 aliphatic rings. The maximum absolute atomic E-state index is 11.7. The highest BCUT2D eigenvalue weighted by Gasteiger charge is 2.27. The van der Waals surface area contributed by atoms with Crippen molar-refractivity contribution in [2.45, 2.75) is 45.7 Å². The van der Waals surface area contributed by atoms with Gasteiger partial charge >= 0.3 is 6.18 Å². The van der Waals surface area contributed by atoms with Crippen LogP contribution in [0.4, 0.5) is 13.2 Å². The van der Waals surface area contributed by atoms with Crippen LogP contribution in [-0.2, 0) is 9.53 Å². The number of hydrogen-bond acceptors (Lipinski definition) is 2. The minimum atomic E-state index is -4.30. The number of carbonyl (C=O) groups excluding carboxylic acids is 1. The Morgan fingerprint density at radius 2 is 1.88 bits per heavy atom. The van der Waals surface area contributed by atoms with E-state index in [-0.39, 0.29) is 18.8 Å². The van der Waals surface area contributed by atoms with Crippen LogP contribution in [0.3, 0.4) is 0 Å². The zero-order valence-electron chi connectivity index (χ0n) is 9.77. The lowest BCUT2D eigenvalue weighted by molar-refractivity contribution is -0.174. The summed E-state index contributed by atoms with van der Waals surface area (Å²) < 4.78 is 39.3. The maximum Gasteiger partial charge on any atom is 0.411 e. The Labute approximate surface area is 94.2 Å². The van der Waals surface area contributed by atoms with Crippen LogP contribution in [0.2, 0.25) is 0 Å². The molecule has 2 nitrogen and oxygen atoms in total. The molecule has 0 unspecified atom stereocenters. The molecular formula is C11H19F3O2. The Balaban J connectivity index is 3.38. The van der Waals surface area contributed by atoms with Crippen LogP contribution in [0.25, 0.3) is 0 Å². The largest absolute Gasteiger partial charge is 0.411 e. The van der Waals surface area contributed by atoms with Gasteiger partial charge in [0.15, 0.2) is 0 Å². The highest BCUT2D eigenvalue weighted by molar-refractivity contribution is 5.78. The van der Waals surface area contributed by atoms with Crippen molar-refractivity contribution in [2.24, 2.45) is 5.92 Å². The summed E-state index contributed by atoms with van der Waals surface area (Å²) in [4.78, 5) is 11.2. The molecule has 0 saturated carbocycles. The lowest BCUT2D eigenvalue weighted by Crippen LogP contribution is -2.18. The van der Waals surface area contributed by atoms with Crippen molar-refractivity contribution in [3.63, 3.8) is 0 Å². The van der Waals surface area contributed by atoms with Gasteiger partial charge in [0.05, 0.1) is 6.61 Å². The molecule has 0 amide bonds. The van der Waals surface area contributed by atoms with E-state index in [1.54, 1.807) is 0 Å². The SMILES string of the molecule is CC(C)CCCC(=O)CCOCC(F)(F)F. The van der Waals surface area contributed by atoms with Crippen molar-refractivity contribution in [3.05, 3.63) is 0 Å². The third-order valence-corrected chi connectivity index (χ3v) is 2.03. The van der Waals surface area contributed by atoms with Crippen LogP contribution < -0.4 is 0 Å². The van der Waals surface area contributed by atoms with Crippen LogP contribution in [0, 0.1) is 5.92 Å². The molecule has 0 aliphatic carbocycles. The summed E-state index contributed by atoms with van der Waals surface area (Å²) in [5.74, 6) is 0.525. The zero-order chi connectivity index (χ0) is 12.6. The average Bonchev–Trinajstić information content (AvgIpc) is 2.10. The molecule has 0 N–H and O–H groups in total. The predicted octanol–water partition coefficient (Wildman–Crippen LogP) is 3.35. The lowest BCUT2D eigenvalue weighted by Gasteiger charge is -2.07. The normalized spacial score (nSPS) is 12.1. The highest BCUT2D eigenvalue weighted by atomic mass is 19.4. The number of halogens is 3. The minimum absolute atomic E-state index is 0.0252. The maximum atomic E-state index is 11.7. The molecule has 0 saturated heterocycles. The molecule has 5 heteroatoms. The van der Waals surface area contributed by atoms with Gasteiger partial charge in [0, 0.05) is 12.8 Å². The number of ketones is 1. The zero-order valence-corrected chi connectivity index (χ0v) is 9.77. The lowest BCUT2D eigenvalue weighted by atomic mass is 10.0. The van der Waals surface area contributed by atoms with Gasteiger partial charge in [-0.1, -0.05) is 20.3 Å². The molecule has 0 atom stereocenters. The van der Waals surface area contributed by atoms with E-state index in [1.165, 1.54) is 0 Å². The molecule has 0 bridgehead atoms. The molecule has 0 aliphatic heterocycles. The van der Waals surface area contributed by atoms with E-state index in [0.29, 0.717) is 12.3 Å². The highest BCUT2D eigenvalue weighted by Crippen LogP contribution is 2.14. The van der Waals surface area contributed by atoms with Crippen LogP contribution in [0.5, 0.6) is 0 Å². The molecule has 16 heavy (non-hydrogen) atoms. The van der Waals surface area contributed by atoms with Gasteiger partial charge in [-0.05, 0) is 12.3 Å². The first-order valence-electron chi connectivity index (χ1n) is 5.47. The number of ether oxygens (including phenoxy) is 1.